The lowest BCUT2D eigenvalue weighted by molar-refractivity contribution is -0.121. The van der Waals surface area contributed by atoms with Crippen LogP contribution in [-0.2, 0) is 16.8 Å². The van der Waals surface area contributed by atoms with Crippen LogP contribution in [0.15, 0.2) is 82.6 Å². The highest BCUT2D eigenvalue weighted by molar-refractivity contribution is 7.13. The Kier molecular flexibility index (Phi) is 5.32. The number of benzene rings is 2. The topological polar surface area (TPSA) is 55.1 Å². The second-order valence-corrected chi connectivity index (χ2v) is 7.99. The molecule has 0 aliphatic rings. The maximum Gasteiger partial charge on any atom is 0.227 e. The number of thiazole rings is 1. The van der Waals surface area contributed by atoms with Crippen LogP contribution in [0.25, 0.3) is 10.8 Å². The number of aryl methyl sites for hydroxylation is 1. The maximum atomic E-state index is 13.0. The Labute approximate surface area is 174 Å². The molecule has 0 saturated carbocycles. The van der Waals surface area contributed by atoms with Crippen molar-refractivity contribution in [2.45, 2.75) is 25.8 Å². The first-order valence-electron chi connectivity index (χ1n) is 9.48. The SMILES string of the molecule is Cc1ccc(-c2nc(CC(=O)NC(C)(c3ccccc3)c3ccccc3)cs2)o1. The monoisotopic (exact) mass is 402 g/mol. The van der Waals surface area contributed by atoms with Gasteiger partial charge in [0.15, 0.2) is 10.8 Å². The van der Waals surface area contributed by atoms with Gasteiger partial charge in [0, 0.05) is 5.38 Å². The van der Waals surface area contributed by atoms with Gasteiger partial charge in [0.2, 0.25) is 5.91 Å². The van der Waals surface area contributed by atoms with Crippen molar-refractivity contribution in [3.05, 3.63) is 101 Å². The molecule has 146 valence electrons. The Balaban J connectivity index is 1.56. The predicted molar refractivity (Wildman–Crippen MR) is 116 cm³/mol. The van der Waals surface area contributed by atoms with Crippen LogP contribution in [0.5, 0.6) is 0 Å². The van der Waals surface area contributed by atoms with E-state index in [9.17, 15) is 4.79 Å². The number of carbonyl (C=O) groups is 1. The molecule has 2 aromatic heterocycles. The van der Waals surface area contributed by atoms with Gasteiger partial charge >= 0.3 is 0 Å². The van der Waals surface area contributed by atoms with Gasteiger partial charge in [-0.1, -0.05) is 60.7 Å². The molecule has 0 bridgehead atoms. The van der Waals surface area contributed by atoms with E-state index in [1.54, 1.807) is 0 Å². The van der Waals surface area contributed by atoms with Crippen LogP contribution in [0.3, 0.4) is 0 Å². The molecule has 0 aliphatic heterocycles. The molecule has 0 saturated heterocycles. The molecule has 1 N–H and O–H groups in total. The van der Waals surface area contributed by atoms with E-state index in [1.807, 2.05) is 92.0 Å². The fourth-order valence-electron chi connectivity index (χ4n) is 3.39. The van der Waals surface area contributed by atoms with E-state index < -0.39 is 5.54 Å². The number of nitrogens with zero attached hydrogens (tertiary/aromatic N) is 1. The zero-order valence-electron chi connectivity index (χ0n) is 16.4. The number of carbonyl (C=O) groups excluding carboxylic acids is 1. The first-order valence-corrected chi connectivity index (χ1v) is 10.4. The van der Waals surface area contributed by atoms with Crippen LogP contribution in [-0.4, -0.2) is 10.9 Å². The van der Waals surface area contributed by atoms with Crippen molar-refractivity contribution < 1.29 is 9.21 Å². The van der Waals surface area contributed by atoms with Crippen LogP contribution >= 0.6 is 11.3 Å². The first kappa shape index (κ1) is 19.2. The minimum absolute atomic E-state index is 0.0762. The fraction of sp³-hybridized carbons (Fsp3) is 0.167. The van der Waals surface area contributed by atoms with Gasteiger partial charge in [-0.15, -0.1) is 11.3 Å². The number of amides is 1. The van der Waals surface area contributed by atoms with Crippen LogP contribution in [0, 0.1) is 6.92 Å². The highest BCUT2D eigenvalue weighted by Crippen LogP contribution is 2.30. The van der Waals surface area contributed by atoms with Gasteiger partial charge in [0.1, 0.15) is 5.76 Å². The van der Waals surface area contributed by atoms with Gasteiger partial charge in [-0.25, -0.2) is 4.98 Å². The predicted octanol–water partition coefficient (Wildman–Crippen LogP) is 5.33. The molecule has 1 amide bonds. The van der Waals surface area contributed by atoms with Gasteiger partial charge in [0.25, 0.3) is 0 Å². The van der Waals surface area contributed by atoms with Gasteiger partial charge in [-0.2, -0.15) is 0 Å². The highest BCUT2D eigenvalue weighted by atomic mass is 32.1. The summed E-state index contributed by atoms with van der Waals surface area (Å²) in [4.78, 5) is 17.5. The van der Waals surface area contributed by atoms with E-state index in [0.29, 0.717) is 0 Å². The summed E-state index contributed by atoms with van der Waals surface area (Å²) in [7, 11) is 0. The van der Waals surface area contributed by atoms with Gasteiger partial charge in [-0.3, -0.25) is 4.79 Å². The number of rotatable bonds is 6. The molecule has 0 fully saturated rings. The summed E-state index contributed by atoms with van der Waals surface area (Å²) in [6.07, 6.45) is 0.214. The first-order chi connectivity index (χ1) is 14.0. The van der Waals surface area contributed by atoms with E-state index in [-0.39, 0.29) is 12.3 Å². The second kappa shape index (κ2) is 8.05. The fourth-order valence-corrected chi connectivity index (χ4v) is 4.17. The summed E-state index contributed by atoms with van der Waals surface area (Å²) >= 11 is 1.48. The third kappa shape index (κ3) is 4.15. The molecule has 0 unspecified atom stereocenters. The lowest BCUT2D eigenvalue weighted by Gasteiger charge is -2.32. The molecule has 29 heavy (non-hydrogen) atoms. The smallest absolute Gasteiger partial charge is 0.227 e. The van der Waals surface area contributed by atoms with Gasteiger partial charge < -0.3 is 9.73 Å². The summed E-state index contributed by atoms with van der Waals surface area (Å²) in [5.74, 6) is 1.50. The average molecular weight is 403 g/mol. The molecule has 4 nitrogen and oxygen atoms in total. The molecular formula is C24H22N2O2S. The van der Waals surface area contributed by atoms with Crippen molar-refractivity contribution in [2.24, 2.45) is 0 Å². The summed E-state index contributed by atoms with van der Waals surface area (Å²) in [6.45, 7) is 3.94. The molecule has 0 aliphatic carbocycles. The van der Waals surface area contributed by atoms with E-state index in [2.05, 4.69) is 10.3 Å². The lowest BCUT2D eigenvalue weighted by Crippen LogP contribution is -2.45. The van der Waals surface area contributed by atoms with Crippen LogP contribution in [0.4, 0.5) is 0 Å². The van der Waals surface area contributed by atoms with Gasteiger partial charge in [0.05, 0.1) is 17.7 Å². The Bertz CT molecular complexity index is 1060. The zero-order valence-corrected chi connectivity index (χ0v) is 17.2. The molecule has 0 spiro atoms. The largest absolute Gasteiger partial charge is 0.459 e. The van der Waals surface area contributed by atoms with Crippen molar-refractivity contribution in [1.29, 1.82) is 0 Å². The number of hydrogen-bond acceptors (Lipinski definition) is 4. The van der Waals surface area contributed by atoms with Gasteiger partial charge in [-0.05, 0) is 37.1 Å². The highest BCUT2D eigenvalue weighted by Gasteiger charge is 2.30. The molecule has 2 aromatic carbocycles. The summed E-state index contributed by atoms with van der Waals surface area (Å²) in [6, 6.07) is 23.9. The Morgan fingerprint density at radius 1 is 1.00 bits per heavy atom. The molecule has 5 heteroatoms. The quantitative estimate of drug-likeness (QED) is 0.474. The average Bonchev–Trinajstić information content (AvgIpc) is 3.38. The normalized spacial score (nSPS) is 11.4. The molecule has 2 heterocycles. The van der Waals surface area contributed by atoms with E-state index in [0.717, 1.165) is 33.3 Å². The minimum atomic E-state index is -0.628. The summed E-state index contributed by atoms with van der Waals surface area (Å²) in [5, 5.41) is 5.93. The van der Waals surface area contributed by atoms with Crippen molar-refractivity contribution in [1.82, 2.24) is 10.3 Å². The van der Waals surface area contributed by atoms with Crippen molar-refractivity contribution in [2.75, 3.05) is 0 Å². The lowest BCUT2D eigenvalue weighted by atomic mass is 9.84. The van der Waals surface area contributed by atoms with Crippen LogP contribution in [0.1, 0.15) is 29.5 Å². The third-order valence-electron chi connectivity index (χ3n) is 4.94. The number of nitrogens with one attached hydrogen (secondary N) is 1. The molecule has 0 radical (unpaired) electrons. The minimum Gasteiger partial charge on any atom is -0.459 e. The molecule has 4 rings (SSSR count). The van der Waals surface area contributed by atoms with Crippen molar-refractivity contribution >= 4 is 17.2 Å². The van der Waals surface area contributed by atoms with Crippen molar-refractivity contribution in [3.63, 3.8) is 0 Å². The van der Waals surface area contributed by atoms with Crippen LogP contribution in [0.2, 0.25) is 0 Å². The second-order valence-electron chi connectivity index (χ2n) is 7.14. The zero-order chi connectivity index (χ0) is 20.3. The molecule has 0 atom stereocenters. The standard InChI is InChI=1S/C24H22N2O2S/c1-17-13-14-21(28-17)23-25-20(16-29-23)15-22(27)26-24(2,18-9-5-3-6-10-18)19-11-7-4-8-12-19/h3-14,16H,15H2,1-2H3,(H,26,27). The van der Waals surface area contributed by atoms with E-state index in [4.69, 9.17) is 4.42 Å². The summed E-state index contributed by atoms with van der Waals surface area (Å²) < 4.78 is 5.63. The molecule has 4 aromatic rings. The maximum absolute atomic E-state index is 13.0. The Morgan fingerprint density at radius 3 is 2.17 bits per heavy atom. The third-order valence-corrected chi connectivity index (χ3v) is 5.84. The summed E-state index contributed by atoms with van der Waals surface area (Å²) in [5.41, 5.74) is 2.17. The number of aromatic nitrogens is 1. The Hall–Kier alpha value is -3.18. The van der Waals surface area contributed by atoms with Crippen molar-refractivity contribution in [3.8, 4) is 10.8 Å². The van der Waals surface area contributed by atoms with E-state index in [1.165, 1.54) is 11.3 Å². The molecular weight excluding hydrogens is 380 g/mol. The van der Waals surface area contributed by atoms with Crippen LogP contribution < -0.4 is 5.32 Å². The number of hydrogen-bond donors (Lipinski definition) is 1. The van der Waals surface area contributed by atoms with E-state index >= 15 is 0 Å². The Morgan fingerprint density at radius 2 is 1.62 bits per heavy atom. The number of furan rings is 1.